The molecule has 16 heavy (non-hydrogen) atoms. The summed E-state index contributed by atoms with van der Waals surface area (Å²) >= 11 is 0. The average Bonchev–Trinajstić information content (AvgIpc) is 2.21. The predicted octanol–water partition coefficient (Wildman–Crippen LogP) is 5.13. The van der Waals surface area contributed by atoms with Gasteiger partial charge in [-0.1, -0.05) is 37.5 Å². The lowest BCUT2D eigenvalue weighted by molar-refractivity contribution is 0.582. The maximum Gasteiger partial charge on any atom is 0.163 e. The summed E-state index contributed by atoms with van der Waals surface area (Å²) in [5.41, 5.74) is 5.32. The van der Waals surface area contributed by atoms with Crippen molar-refractivity contribution in [3.63, 3.8) is 0 Å². The smallest absolute Gasteiger partial charge is 0.163 e. The fraction of sp³-hybridized carbons (Fsp3) is 0.571. The molecule has 0 bridgehead atoms. The van der Waals surface area contributed by atoms with Crippen LogP contribution >= 0.6 is 8.46 Å². The Morgan fingerprint density at radius 1 is 1.19 bits per heavy atom. The number of hydrogen-bond donors (Lipinski definition) is 0. The Kier molecular flexibility index (Phi) is 5.15. The van der Waals surface area contributed by atoms with E-state index in [0.29, 0.717) is 0 Å². The maximum absolute atomic E-state index is 11.3. The molecule has 1 nitrogen and oxygen atoms in total. The molecule has 1 aromatic carbocycles. The normalized spacial score (nSPS) is 13.0. The first kappa shape index (κ1) is 13.4. The molecule has 0 aliphatic heterocycles. The lowest BCUT2D eigenvalue weighted by Gasteiger charge is -2.16. The van der Waals surface area contributed by atoms with Crippen molar-refractivity contribution in [1.29, 1.82) is 0 Å². The molecule has 0 saturated carbocycles. The molecule has 0 amide bonds. The summed E-state index contributed by atoms with van der Waals surface area (Å²) in [7, 11) is 0.261. The molecular weight excluding hydrogens is 215 g/mol. The minimum absolute atomic E-state index is 0.181. The van der Waals surface area contributed by atoms with E-state index in [4.69, 9.17) is 0 Å². The quantitative estimate of drug-likeness (QED) is 0.647. The molecule has 88 valence electrons. The minimum Gasteiger partial charge on any atom is -0.274 e. The first-order chi connectivity index (χ1) is 7.60. The van der Waals surface area contributed by atoms with Crippen molar-refractivity contribution in [2.75, 3.05) is 0 Å². The van der Waals surface area contributed by atoms with Gasteiger partial charge in [0.15, 0.2) is 8.46 Å². The third-order valence-electron chi connectivity index (χ3n) is 3.03. The number of aryl methyl sites for hydroxylation is 3. The van der Waals surface area contributed by atoms with E-state index in [1.807, 2.05) is 0 Å². The lowest BCUT2D eigenvalue weighted by Crippen LogP contribution is -1.99. The van der Waals surface area contributed by atoms with Crippen LogP contribution in [-0.4, -0.2) is 0 Å². The molecule has 1 atom stereocenters. The van der Waals surface area contributed by atoms with E-state index in [1.54, 1.807) is 0 Å². The van der Waals surface area contributed by atoms with E-state index in [1.165, 1.54) is 22.3 Å². The number of hydrogen-bond acceptors (Lipinski definition) is 1. The van der Waals surface area contributed by atoms with Crippen molar-refractivity contribution in [3.8, 4) is 0 Å². The highest BCUT2D eigenvalue weighted by Crippen LogP contribution is 2.36. The molecule has 0 heterocycles. The molecule has 1 rings (SSSR count). The number of benzene rings is 1. The van der Waals surface area contributed by atoms with Crippen LogP contribution in [0, 0.1) is 20.8 Å². The van der Waals surface area contributed by atoms with Gasteiger partial charge in [-0.2, -0.15) is 0 Å². The molecule has 0 radical (unpaired) electrons. The van der Waals surface area contributed by atoms with Crippen LogP contribution in [0.2, 0.25) is 0 Å². The SMILES string of the molecule is CCCCC(P=O)c1c(C)cc(C)cc1C. The summed E-state index contributed by atoms with van der Waals surface area (Å²) in [6.45, 7) is 8.53. The summed E-state index contributed by atoms with van der Waals surface area (Å²) in [4.78, 5) is 0. The predicted molar refractivity (Wildman–Crippen MR) is 70.5 cm³/mol. The maximum atomic E-state index is 11.3. The van der Waals surface area contributed by atoms with Gasteiger partial charge in [0.05, 0.1) is 5.66 Å². The Hall–Kier alpha value is -0.680. The first-order valence-electron chi connectivity index (χ1n) is 6.00. The fourth-order valence-corrected chi connectivity index (χ4v) is 3.16. The van der Waals surface area contributed by atoms with Crippen LogP contribution in [0.5, 0.6) is 0 Å². The zero-order valence-electron chi connectivity index (χ0n) is 10.7. The van der Waals surface area contributed by atoms with Crippen LogP contribution in [0.4, 0.5) is 0 Å². The second-order valence-electron chi connectivity index (χ2n) is 4.58. The number of rotatable bonds is 5. The second kappa shape index (κ2) is 6.15. The summed E-state index contributed by atoms with van der Waals surface area (Å²) < 4.78 is 11.3. The van der Waals surface area contributed by atoms with Crippen LogP contribution in [0.25, 0.3) is 0 Å². The van der Waals surface area contributed by atoms with Crippen LogP contribution < -0.4 is 0 Å². The third-order valence-corrected chi connectivity index (χ3v) is 3.80. The highest BCUT2D eigenvalue weighted by molar-refractivity contribution is 7.24. The van der Waals surface area contributed by atoms with E-state index in [0.717, 1.165) is 19.3 Å². The van der Waals surface area contributed by atoms with E-state index < -0.39 is 0 Å². The summed E-state index contributed by atoms with van der Waals surface area (Å²) in [6, 6.07) is 4.37. The van der Waals surface area contributed by atoms with Crippen molar-refractivity contribution in [2.24, 2.45) is 0 Å². The molecule has 0 fully saturated rings. The van der Waals surface area contributed by atoms with Gasteiger partial charge in [-0.15, -0.1) is 0 Å². The molecule has 0 saturated heterocycles. The Labute approximate surface area is 100 Å². The van der Waals surface area contributed by atoms with Gasteiger partial charge in [-0.25, -0.2) is 0 Å². The Bertz CT molecular complexity index is 348. The minimum atomic E-state index is 0.181. The van der Waals surface area contributed by atoms with Gasteiger partial charge in [0, 0.05) is 0 Å². The van der Waals surface area contributed by atoms with Crippen molar-refractivity contribution >= 4 is 8.46 Å². The van der Waals surface area contributed by atoms with Gasteiger partial charge >= 0.3 is 0 Å². The van der Waals surface area contributed by atoms with Crippen LogP contribution in [0.3, 0.4) is 0 Å². The molecule has 0 N–H and O–H groups in total. The molecule has 0 aliphatic carbocycles. The van der Waals surface area contributed by atoms with E-state index in [2.05, 4.69) is 39.8 Å². The van der Waals surface area contributed by atoms with Crippen molar-refractivity contribution in [2.45, 2.75) is 52.6 Å². The van der Waals surface area contributed by atoms with Gasteiger partial charge in [0.2, 0.25) is 0 Å². The van der Waals surface area contributed by atoms with Crippen LogP contribution in [0.15, 0.2) is 12.1 Å². The Morgan fingerprint density at radius 2 is 1.75 bits per heavy atom. The first-order valence-corrected chi connectivity index (χ1v) is 6.88. The molecule has 1 aromatic rings. The van der Waals surface area contributed by atoms with E-state index >= 15 is 0 Å². The number of unbranched alkanes of at least 4 members (excludes halogenated alkanes) is 1. The molecule has 1 unspecified atom stereocenters. The summed E-state index contributed by atoms with van der Waals surface area (Å²) in [5.74, 6) is 0. The van der Waals surface area contributed by atoms with Crippen LogP contribution in [0.1, 0.15) is 54.1 Å². The van der Waals surface area contributed by atoms with Crippen molar-refractivity contribution in [3.05, 3.63) is 34.4 Å². The molecule has 2 heteroatoms. The van der Waals surface area contributed by atoms with Gasteiger partial charge in [-0.05, 0) is 43.9 Å². The Balaban J connectivity index is 3.04. The van der Waals surface area contributed by atoms with Crippen molar-refractivity contribution < 1.29 is 4.57 Å². The average molecular weight is 236 g/mol. The molecule has 0 aromatic heterocycles. The van der Waals surface area contributed by atoms with Gasteiger partial charge in [-0.3, -0.25) is 4.57 Å². The second-order valence-corrected chi connectivity index (χ2v) is 5.41. The zero-order chi connectivity index (χ0) is 12.1. The topological polar surface area (TPSA) is 17.1 Å². The van der Waals surface area contributed by atoms with Gasteiger partial charge in [0.1, 0.15) is 0 Å². The van der Waals surface area contributed by atoms with E-state index in [9.17, 15) is 4.57 Å². The highest BCUT2D eigenvalue weighted by atomic mass is 31.1. The Morgan fingerprint density at radius 3 is 2.19 bits per heavy atom. The zero-order valence-corrected chi connectivity index (χ0v) is 11.6. The third kappa shape index (κ3) is 3.15. The van der Waals surface area contributed by atoms with Crippen LogP contribution in [-0.2, 0) is 4.57 Å². The lowest BCUT2D eigenvalue weighted by atomic mass is 9.95. The molecule has 0 aliphatic rings. The standard InChI is InChI=1S/C14H21OP/c1-5-6-7-13(16-15)14-11(3)8-10(2)9-12(14)4/h8-9,13H,5-7H2,1-4H3. The molecular formula is C14H21OP. The van der Waals surface area contributed by atoms with Gasteiger partial charge < -0.3 is 0 Å². The summed E-state index contributed by atoms with van der Waals surface area (Å²) in [5, 5.41) is 0. The molecule has 0 spiro atoms. The van der Waals surface area contributed by atoms with Crippen molar-refractivity contribution in [1.82, 2.24) is 0 Å². The monoisotopic (exact) mass is 236 g/mol. The highest BCUT2D eigenvalue weighted by Gasteiger charge is 2.16. The van der Waals surface area contributed by atoms with E-state index in [-0.39, 0.29) is 14.1 Å². The van der Waals surface area contributed by atoms with Gasteiger partial charge in [0.25, 0.3) is 0 Å². The largest absolute Gasteiger partial charge is 0.274 e. The summed E-state index contributed by atoms with van der Waals surface area (Å²) in [6.07, 6.45) is 3.33. The fourth-order valence-electron chi connectivity index (χ4n) is 2.36.